The topological polar surface area (TPSA) is 74.3 Å². The minimum Gasteiger partial charge on any atom is -0.464 e. The SMILES string of the molecule is C[C@H]1C[C@@H]1c1ccc(CN(C)S(=O)(=O)c2cccc(C#N)c2)o1. The predicted molar refractivity (Wildman–Crippen MR) is 85.0 cm³/mol. The van der Waals surface area contributed by atoms with Gasteiger partial charge in [0.15, 0.2) is 0 Å². The first-order valence-electron chi connectivity index (χ1n) is 7.47. The van der Waals surface area contributed by atoms with Crippen LogP contribution in [0.3, 0.4) is 0 Å². The van der Waals surface area contributed by atoms with Gasteiger partial charge in [0.25, 0.3) is 0 Å². The summed E-state index contributed by atoms with van der Waals surface area (Å²) in [5, 5.41) is 8.91. The van der Waals surface area contributed by atoms with Crippen molar-refractivity contribution in [1.29, 1.82) is 5.26 Å². The quantitative estimate of drug-likeness (QED) is 0.844. The molecule has 0 spiro atoms. The Morgan fingerprint density at radius 2 is 2.09 bits per heavy atom. The van der Waals surface area contributed by atoms with Gasteiger partial charge in [-0.25, -0.2) is 8.42 Å². The van der Waals surface area contributed by atoms with E-state index in [4.69, 9.17) is 9.68 Å². The van der Waals surface area contributed by atoms with Crippen molar-refractivity contribution in [3.8, 4) is 6.07 Å². The molecule has 1 aliphatic carbocycles. The molecule has 1 saturated carbocycles. The summed E-state index contributed by atoms with van der Waals surface area (Å²) in [7, 11) is -2.14. The van der Waals surface area contributed by atoms with Gasteiger partial charge in [0.2, 0.25) is 10.0 Å². The van der Waals surface area contributed by atoms with E-state index in [1.165, 1.54) is 23.5 Å². The van der Waals surface area contributed by atoms with Gasteiger partial charge in [-0.15, -0.1) is 0 Å². The molecule has 0 radical (unpaired) electrons. The van der Waals surface area contributed by atoms with Crippen LogP contribution in [-0.4, -0.2) is 19.8 Å². The van der Waals surface area contributed by atoms with Crippen LogP contribution in [0.2, 0.25) is 0 Å². The zero-order valence-corrected chi connectivity index (χ0v) is 13.9. The van der Waals surface area contributed by atoms with E-state index >= 15 is 0 Å². The molecule has 2 aromatic rings. The molecule has 0 saturated heterocycles. The third-order valence-electron chi connectivity index (χ3n) is 4.21. The van der Waals surface area contributed by atoms with Crippen molar-refractivity contribution in [2.45, 2.75) is 30.7 Å². The lowest BCUT2D eigenvalue weighted by Gasteiger charge is -2.16. The van der Waals surface area contributed by atoms with Crippen molar-refractivity contribution in [3.05, 3.63) is 53.5 Å². The molecule has 1 fully saturated rings. The molecule has 0 amide bonds. The van der Waals surface area contributed by atoms with E-state index in [0.29, 0.717) is 23.2 Å². The van der Waals surface area contributed by atoms with E-state index in [9.17, 15) is 8.42 Å². The second-order valence-corrected chi connectivity index (χ2v) is 8.07. The summed E-state index contributed by atoms with van der Waals surface area (Å²) < 4.78 is 32.2. The Kier molecular flexibility index (Phi) is 4.00. The molecule has 6 heteroatoms. The minimum absolute atomic E-state index is 0.113. The van der Waals surface area contributed by atoms with Crippen LogP contribution in [0.1, 0.15) is 36.3 Å². The number of benzene rings is 1. The Balaban J connectivity index is 1.77. The molecule has 0 unspecified atom stereocenters. The molecule has 0 bridgehead atoms. The van der Waals surface area contributed by atoms with Crippen LogP contribution < -0.4 is 0 Å². The largest absolute Gasteiger partial charge is 0.464 e. The molecule has 0 aliphatic heterocycles. The van der Waals surface area contributed by atoms with Crippen LogP contribution in [0.25, 0.3) is 0 Å². The molecule has 1 aliphatic rings. The van der Waals surface area contributed by atoms with Gasteiger partial charge in [0, 0.05) is 13.0 Å². The number of nitriles is 1. The average Bonchev–Trinajstić information content (AvgIpc) is 3.09. The molecular formula is C17H18N2O3S. The summed E-state index contributed by atoms with van der Waals surface area (Å²) in [6.07, 6.45) is 1.13. The lowest BCUT2D eigenvalue weighted by Crippen LogP contribution is -2.26. The summed E-state index contributed by atoms with van der Waals surface area (Å²) in [6, 6.07) is 11.7. The van der Waals surface area contributed by atoms with E-state index < -0.39 is 10.0 Å². The zero-order valence-electron chi connectivity index (χ0n) is 13.1. The summed E-state index contributed by atoms with van der Waals surface area (Å²) in [6.45, 7) is 2.34. The van der Waals surface area contributed by atoms with E-state index in [0.717, 1.165) is 12.2 Å². The van der Waals surface area contributed by atoms with Gasteiger partial charge >= 0.3 is 0 Å². The highest BCUT2D eigenvalue weighted by atomic mass is 32.2. The van der Waals surface area contributed by atoms with Crippen molar-refractivity contribution in [1.82, 2.24) is 4.31 Å². The van der Waals surface area contributed by atoms with Gasteiger partial charge in [-0.05, 0) is 42.7 Å². The first-order valence-corrected chi connectivity index (χ1v) is 8.91. The fourth-order valence-electron chi connectivity index (χ4n) is 2.61. The normalized spacial score (nSPS) is 20.4. The average molecular weight is 330 g/mol. The Labute approximate surface area is 136 Å². The number of hydrogen-bond donors (Lipinski definition) is 0. The number of hydrogen-bond acceptors (Lipinski definition) is 4. The van der Waals surface area contributed by atoms with Crippen LogP contribution >= 0.6 is 0 Å². The van der Waals surface area contributed by atoms with E-state index in [1.54, 1.807) is 12.1 Å². The van der Waals surface area contributed by atoms with Crippen molar-refractivity contribution in [2.24, 2.45) is 5.92 Å². The molecule has 5 nitrogen and oxygen atoms in total. The van der Waals surface area contributed by atoms with Gasteiger partial charge in [0.1, 0.15) is 11.5 Å². The van der Waals surface area contributed by atoms with Gasteiger partial charge < -0.3 is 4.42 Å². The minimum atomic E-state index is -3.65. The Hall–Kier alpha value is -2.10. The zero-order chi connectivity index (χ0) is 16.6. The fraction of sp³-hybridized carbons (Fsp3) is 0.353. The highest BCUT2D eigenvalue weighted by Gasteiger charge is 2.36. The maximum absolute atomic E-state index is 12.6. The lowest BCUT2D eigenvalue weighted by atomic mass is 10.2. The third kappa shape index (κ3) is 3.16. The number of nitrogens with zero attached hydrogens (tertiary/aromatic N) is 2. The Morgan fingerprint density at radius 1 is 1.35 bits per heavy atom. The first-order chi connectivity index (χ1) is 10.9. The maximum Gasteiger partial charge on any atom is 0.243 e. The van der Waals surface area contributed by atoms with Crippen LogP contribution in [0, 0.1) is 17.2 Å². The number of sulfonamides is 1. The van der Waals surface area contributed by atoms with Crippen LogP contribution in [0.4, 0.5) is 0 Å². The van der Waals surface area contributed by atoms with Crippen molar-refractivity contribution in [2.75, 3.05) is 7.05 Å². The van der Waals surface area contributed by atoms with Crippen molar-refractivity contribution < 1.29 is 12.8 Å². The molecule has 120 valence electrons. The summed E-state index contributed by atoms with van der Waals surface area (Å²) >= 11 is 0. The molecule has 1 aromatic carbocycles. The highest BCUT2D eigenvalue weighted by Crippen LogP contribution is 2.47. The second-order valence-electron chi connectivity index (χ2n) is 6.02. The molecule has 1 heterocycles. The van der Waals surface area contributed by atoms with Gasteiger partial charge in [0.05, 0.1) is 23.1 Å². The van der Waals surface area contributed by atoms with Gasteiger partial charge in [-0.3, -0.25) is 0 Å². The highest BCUT2D eigenvalue weighted by molar-refractivity contribution is 7.89. The Morgan fingerprint density at radius 3 is 2.74 bits per heavy atom. The van der Waals surface area contributed by atoms with E-state index in [-0.39, 0.29) is 11.4 Å². The third-order valence-corrected chi connectivity index (χ3v) is 6.01. The summed E-state index contributed by atoms with van der Waals surface area (Å²) in [5.74, 6) is 2.67. The van der Waals surface area contributed by atoms with Gasteiger partial charge in [-0.2, -0.15) is 9.57 Å². The monoisotopic (exact) mass is 330 g/mol. The number of furan rings is 1. The molecule has 23 heavy (non-hydrogen) atoms. The molecule has 1 aromatic heterocycles. The standard InChI is InChI=1S/C17H18N2O3S/c1-12-8-16(12)17-7-6-14(22-17)11-19(2)23(20,21)15-5-3-4-13(9-15)10-18/h3-7,9,12,16H,8,11H2,1-2H3/t12-,16-/m0/s1. The van der Waals surface area contributed by atoms with E-state index in [1.807, 2.05) is 18.2 Å². The fourth-order valence-corrected chi connectivity index (χ4v) is 3.79. The van der Waals surface area contributed by atoms with Crippen LogP contribution in [0.5, 0.6) is 0 Å². The second kappa shape index (κ2) is 5.84. The molecule has 0 N–H and O–H groups in total. The predicted octanol–water partition coefficient (Wildman–Crippen LogP) is 3.10. The molecule has 2 atom stereocenters. The smallest absolute Gasteiger partial charge is 0.243 e. The van der Waals surface area contributed by atoms with Crippen molar-refractivity contribution in [3.63, 3.8) is 0 Å². The molecular weight excluding hydrogens is 312 g/mol. The molecule has 3 rings (SSSR count). The van der Waals surface area contributed by atoms with E-state index in [2.05, 4.69) is 6.92 Å². The van der Waals surface area contributed by atoms with Crippen molar-refractivity contribution >= 4 is 10.0 Å². The van der Waals surface area contributed by atoms with Crippen LogP contribution in [-0.2, 0) is 16.6 Å². The summed E-state index contributed by atoms with van der Waals surface area (Å²) in [5.41, 5.74) is 0.322. The first kappa shape index (κ1) is 15.8. The Bertz CT molecular complexity index is 864. The summed E-state index contributed by atoms with van der Waals surface area (Å²) in [4.78, 5) is 0.113. The van der Waals surface area contributed by atoms with Crippen LogP contribution in [0.15, 0.2) is 45.7 Å². The maximum atomic E-state index is 12.6. The van der Waals surface area contributed by atoms with Gasteiger partial charge in [-0.1, -0.05) is 13.0 Å². The number of rotatable bonds is 5. The lowest BCUT2D eigenvalue weighted by molar-refractivity contribution is 0.390.